The molecule has 0 aliphatic rings. The fourth-order valence-corrected chi connectivity index (χ4v) is 2.72. The molecule has 2 rings (SSSR count). The third-order valence-corrected chi connectivity index (χ3v) is 4.47. The first-order valence-corrected chi connectivity index (χ1v) is 9.28. The normalized spacial score (nSPS) is 11.9. The van der Waals surface area contributed by atoms with Gasteiger partial charge in [-0.05, 0) is 32.4 Å². The second-order valence-electron chi connectivity index (χ2n) is 6.41. The predicted octanol–water partition coefficient (Wildman–Crippen LogP) is 2.60. The minimum Gasteiger partial charge on any atom is -0.449 e. The highest BCUT2D eigenvalue weighted by Gasteiger charge is 2.19. The molecule has 2 N–H and O–H groups in total. The third-order valence-electron chi connectivity index (χ3n) is 4.07. The first-order valence-electron chi connectivity index (χ1n) is 8.91. The number of halogens is 1. The number of amides is 3. The van der Waals surface area contributed by atoms with Crippen LogP contribution in [0, 0.1) is 13.8 Å². The molecule has 3 amide bonds. The van der Waals surface area contributed by atoms with Crippen LogP contribution in [0.4, 0.5) is 4.79 Å². The van der Waals surface area contributed by atoms with E-state index in [1.54, 1.807) is 11.6 Å². The molecule has 0 bridgehead atoms. The van der Waals surface area contributed by atoms with E-state index in [2.05, 4.69) is 10.4 Å². The van der Waals surface area contributed by atoms with Crippen LogP contribution < -0.4 is 10.6 Å². The van der Waals surface area contributed by atoms with E-state index in [9.17, 15) is 14.4 Å². The van der Waals surface area contributed by atoms with Gasteiger partial charge < -0.3 is 10.1 Å². The molecule has 1 aromatic heterocycles. The topological polar surface area (TPSA) is 102 Å². The van der Waals surface area contributed by atoms with Gasteiger partial charge in [0, 0.05) is 18.7 Å². The first kappa shape index (κ1) is 22.2. The Labute approximate surface area is 173 Å². The summed E-state index contributed by atoms with van der Waals surface area (Å²) in [7, 11) is 1.37. The Morgan fingerprint density at radius 3 is 2.52 bits per heavy atom. The summed E-state index contributed by atoms with van der Waals surface area (Å²) < 4.78 is 6.63. The van der Waals surface area contributed by atoms with Crippen LogP contribution in [0.2, 0.25) is 5.15 Å². The summed E-state index contributed by atoms with van der Waals surface area (Å²) in [6.07, 6.45) is 1.52. The molecule has 29 heavy (non-hydrogen) atoms. The number of esters is 1. The molecule has 0 radical (unpaired) electrons. The maximum atomic E-state index is 12.0. The number of urea groups is 1. The zero-order valence-corrected chi connectivity index (χ0v) is 17.4. The Kier molecular flexibility index (Phi) is 7.55. The number of aryl methyl sites for hydroxylation is 2. The number of carbonyl (C=O) groups excluding carboxylic acids is 3. The van der Waals surface area contributed by atoms with Gasteiger partial charge in [-0.3, -0.25) is 10.1 Å². The van der Waals surface area contributed by atoms with Gasteiger partial charge in [0.25, 0.3) is 5.91 Å². The standard InChI is InChI=1S/C20H23ClN4O4/c1-12-5-7-15(8-6-12)11-25-18(21)16(13(2)24-25)9-10-17(26)29-14(3)19(27)23-20(28)22-4/h5-10,14H,11H2,1-4H3,(H2,22,23,27,28)/b10-9+. The molecule has 1 atom stereocenters. The number of ether oxygens (including phenoxy) is 1. The summed E-state index contributed by atoms with van der Waals surface area (Å²) in [6, 6.07) is 7.34. The summed E-state index contributed by atoms with van der Waals surface area (Å²) in [4.78, 5) is 34.8. The largest absolute Gasteiger partial charge is 0.449 e. The highest BCUT2D eigenvalue weighted by Crippen LogP contribution is 2.22. The van der Waals surface area contributed by atoms with Crippen LogP contribution in [0.15, 0.2) is 30.3 Å². The van der Waals surface area contributed by atoms with Crippen molar-refractivity contribution in [1.82, 2.24) is 20.4 Å². The molecule has 0 saturated heterocycles. The van der Waals surface area contributed by atoms with E-state index in [4.69, 9.17) is 16.3 Å². The number of carbonyl (C=O) groups is 3. The molecular weight excluding hydrogens is 396 g/mol. The van der Waals surface area contributed by atoms with Crippen molar-refractivity contribution < 1.29 is 19.1 Å². The first-order chi connectivity index (χ1) is 13.7. The van der Waals surface area contributed by atoms with Crippen molar-refractivity contribution in [1.29, 1.82) is 0 Å². The van der Waals surface area contributed by atoms with Crippen molar-refractivity contribution in [3.8, 4) is 0 Å². The van der Waals surface area contributed by atoms with E-state index in [-0.39, 0.29) is 0 Å². The predicted molar refractivity (Wildman–Crippen MR) is 109 cm³/mol. The van der Waals surface area contributed by atoms with Crippen molar-refractivity contribution in [2.75, 3.05) is 7.05 Å². The zero-order chi connectivity index (χ0) is 21.6. The van der Waals surface area contributed by atoms with Crippen molar-refractivity contribution >= 4 is 35.6 Å². The van der Waals surface area contributed by atoms with E-state index in [0.29, 0.717) is 23.0 Å². The number of hydrogen-bond donors (Lipinski definition) is 2. The lowest BCUT2D eigenvalue weighted by Crippen LogP contribution is -2.43. The lowest BCUT2D eigenvalue weighted by atomic mass is 10.1. The summed E-state index contributed by atoms with van der Waals surface area (Å²) in [6.45, 7) is 5.65. The van der Waals surface area contributed by atoms with Gasteiger partial charge in [-0.25, -0.2) is 14.3 Å². The fraction of sp³-hybridized carbons (Fsp3) is 0.300. The molecule has 0 spiro atoms. The molecule has 2 aromatic rings. The van der Waals surface area contributed by atoms with Crippen molar-refractivity contribution in [2.24, 2.45) is 0 Å². The minimum atomic E-state index is -1.13. The van der Waals surface area contributed by atoms with E-state index < -0.39 is 24.0 Å². The Bertz CT molecular complexity index is 935. The van der Waals surface area contributed by atoms with Crippen LogP contribution in [0.5, 0.6) is 0 Å². The summed E-state index contributed by atoms with van der Waals surface area (Å²) in [5.74, 6) is -1.47. The van der Waals surface area contributed by atoms with Gasteiger partial charge in [0.1, 0.15) is 5.15 Å². The number of aromatic nitrogens is 2. The number of nitrogens with zero attached hydrogens (tertiary/aromatic N) is 2. The van der Waals surface area contributed by atoms with Gasteiger partial charge in [-0.1, -0.05) is 41.4 Å². The fourth-order valence-electron chi connectivity index (χ4n) is 2.42. The number of nitrogens with one attached hydrogen (secondary N) is 2. The molecule has 1 unspecified atom stereocenters. The highest BCUT2D eigenvalue weighted by atomic mass is 35.5. The summed E-state index contributed by atoms with van der Waals surface area (Å²) >= 11 is 6.41. The van der Waals surface area contributed by atoms with Gasteiger partial charge in [-0.2, -0.15) is 5.10 Å². The number of imide groups is 1. The van der Waals surface area contributed by atoms with Gasteiger partial charge in [0.2, 0.25) is 0 Å². The second-order valence-corrected chi connectivity index (χ2v) is 6.77. The quantitative estimate of drug-likeness (QED) is 0.554. The van der Waals surface area contributed by atoms with Gasteiger partial charge >= 0.3 is 12.0 Å². The maximum absolute atomic E-state index is 12.0. The number of benzene rings is 1. The zero-order valence-electron chi connectivity index (χ0n) is 16.7. The lowest BCUT2D eigenvalue weighted by molar-refractivity contribution is -0.149. The molecule has 0 fully saturated rings. The van der Waals surface area contributed by atoms with Gasteiger partial charge in [0.05, 0.1) is 12.2 Å². The van der Waals surface area contributed by atoms with Crippen LogP contribution in [0.3, 0.4) is 0 Å². The molecule has 0 saturated carbocycles. The van der Waals surface area contributed by atoms with E-state index in [0.717, 1.165) is 17.2 Å². The van der Waals surface area contributed by atoms with E-state index in [1.165, 1.54) is 20.0 Å². The SMILES string of the molecule is CNC(=O)NC(=O)C(C)OC(=O)/C=C/c1c(C)nn(Cc2ccc(C)cc2)c1Cl. The molecule has 8 nitrogen and oxygen atoms in total. The summed E-state index contributed by atoms with van der Waals surface area (Å²) in [5.41, 5.74) is 3.44. The Balaban J connectivity index is 2.03. The van der Waals surface area contributed by atoms with Crippen LogP contribution >= 0.6 is 11.6 Å². The van der Waals surface area contributed by atoms with Crippen LogP contribution in [0.1, 0.15) is 29.3 Å². The molecule has 1 heterocycles. The Morgan fingerprint density at radius 2 is 1.90 bits per heavy atom. The van der Waals surface area contributed by atoms with Gasteiger partial charge in [-0.15, -0.1) is 0 Å². The molecule has 9 heteroatoms. The molecule has 154 valence electrons. The molecule has 1 aromatic carbocycles. The molecule has 0 aliphatic carbocycles. The van der Waals surface area contributed by atoms with E-state index in [1.807, 2.05) is 36.5 Å². The van der Waals surface area contributed by atoms with Gasteiger partial charge in [0.15, 0.2) is 6.10 Å². The monoisotopic (exact) mass is 418 g/mol. The number of hydrogen-bond acceptors (Lipinski definition) is 5. The molecule has 0 aliphatic heterocycles. The van der Waals surface area contributed by atoms with E-state index >= 15 is 0 Å². The second kappa shape index (κ2) is 9.88. The maximum Gasteiger partial charge on any atom is 0.331 e. The lowest BCUT2D eigenvalue weighted by Gasteiger charge is -2.11. The summed E-state index contributed by atoms with van der Waals surface area (Å²) in [5, 5.41) is 9.06. The smallest absolute Gasteiger partial charge is 0.331 e. The third kappa shape index (κ3) is 6.18. The Morgan fingerprint density at radius 1 is 1.24 bits per heavy atom. The van der Waals surface area contributed by atoms with Crippen LogP contribution in [0.25, 0.3) is 6.08 Å². The van der Waals surface area contributed by atoms with Crippen molar-refractivity contribution in [2.45, 2.75) is 33.4 Å². The Hall–Kier alpha value is -3.13. The van der Waals surface area contributed by atoms with Crippen molar-refractivity contribution in [3.63, 3.8) is 0 Å². The average molecular weight is 419 g/mol. The molecular formula is C20H23ClN4O4. The minimum absolute atomic E-state index is 0.387. The van der Waals surface area contributed by atoms with Crippen molar-refractivity contribution in [3.05, 3.63) is 57.9 Å². The number of rotatable bonds is 6. The highest BCUT2D eigenvalue weighted by molar-refractivity contribution is 6.31. The average Bonchev–Trinajstić information content (AvgIpc) is 2.94. The van der Waals surface area contributed by atoms with Crippen LogP contribution in [-0.2, 0) is 20.9 Å². The van der Waals surface area contributed by atoms with Crippen LogP contribution in [-0.4, -0.2) is 40.8 Å².